The minimum Gasteiger partial charge on any atom is -0.463 e. The van der Waals surface area contributed by atoms with Crippen LogP contribution in [0.4, 0.5) is 0 Å². The van der Waals surface area contributed by atoms with Crippen LogP contribution in [0.25, 0.3) is 0 Å². The van der Waals surface area contributed by atoms with E-state index in [2.05, 4.69) is 6.92 Å². The van der Waals surface area contributed by atoms with Crippen molar-refractivity contribution < 1.29 is 19.0 Å². The summed E-state index contributed by atoms with van der Waals surface area (Å²) in [5, 5.41) is 0. The second-order valence-corrected chi connectivity index (χ2v) is 4.41. The van der Waals surface area contributed by atoms with E-state index in [4.69, 9.17) is 14.2 Å². The van der Waals surface area contributed by atoms with Crippen molar-refractivity contribution in [3.05, 3.63) is 0 Å². The zero-order chi connectivity index (χ0) is 13.6. The summed E-state index contributed by atoms with van der Waals surface area (Å²) in [5.41, 5.74) is 0. The minimum atomic E-state index is -0.248. The first-order valence-electron chi connectivity index (χ1n) is 7.00. The first-order chi connectivity index (χ1) is 8.70. The van der Waals surface area contributed by atoms with E-state index >= 15 is 0 Å². The maximum atomic E-state index is 11.3. The van der Waals surface area contributed by atoms with Crippen LogP contribution in [-0.2, 0) is 19.0 Å². The van der Waals surface area contributed by atoms with Crippen LogP contribution >= 0.6 is 0 Å². The lowest BCUT2D eigenvalue weighted by Gasteiger charge is -2.10. The predicted molar refractivity (Wildman–Crippen MR) is 71.4 cm³/mol. The Balaban J connectivity index is 3.22. The Kier molecular flexibility index (Phi) is 12.4. The number of ether oxygens (including phenoxy) is 3. The Morgan fingerprint density at radius 3 is 2.39 bits per heavy atom. The van der Waals surface area contributed by atoms with Crippen molar-refractivity contribution in [1.82, 2.24) is 0 Å². The zero-order valence-corrected chi connectivity index (χ0v) is 12.1. The molecule has 0 bridgehead atoms. The highest BCUT2D eigenvalue weighted by Gasteiger charge is 2.03. The summed E-state index contributed by atoms with van der Waals surface area (Å²) in [6.07, 6.45) is 7.35. The molecule has 0 spiro atoms. The Morgan fingerprint density at radius 2 is 1.72 bits per heavy atom. The summed E-state index contributed by atoms with van der Waals surface area (Å²) in [7, 11) is 1.58. The zero-order valence-electron chi connectivity index (χ0n) is 12.1. The SMILES string of the molecule is CCCCCCCCC(=O)OCCOC(C)OC. The fraction of sp³-hybridized carbons (Fsp3) is 0.929. The highest BCUT2D eigenvalue weighted by atomic mass is 16.7. The molecule has 0 fully saturated rings. The largest absolute Gasteiger partial charge is 0.463 e. The third-order valence-electron chi connectivity index (χ3n) is 2.77. The highest BCUT2D eigenvalue weighted by Crippen LogP contribution is 2.07. The van der Waals surface area contributed by atoms with Crippen LogP contribution in [0.1, 0.15) is 58.8 Å². The molecule has 4 nitrogen and oxygen atoms in total. The smallest absolute Gasteiger partial charge is 0.305 e. The number of esters is 1. The lowest BCUT2D eigenvalue weighted by Crippen LogP contribution is -2.16. The van der Waals surface area contributed by atoms with Gasteiger partial charge in [0.25, 0.3) is 0 Å². The molecule has 0 aliphatic carbocycles. The van der Waals surface area contributed by atoms with Gasteiger partial charge in [-0.05, 0) is 13.3 Å². The molecule has 0 aromatic carbocycles. The van der Waals surface area contributed by atoms with Gasteiger partial charge in [-0.1, -0.05) is 39.0 Å². The van der Waals surface area contributed by atoms with Gasteiger partial charge in [-0.15, -0.1) is 0 Å². The van der Waals surface area contributed by atoms with Crippen molar-refractivity contribution in [2.24, 2.45) is 0 Å². The number of rotatable bonds is 12. The van der Waals surface area contributed by atoms with Crippen LogP contribution in [0.5, 0.6) is 0 Å². The maximum absolute atomic E-state index is 11.3. The summed E-state index contributed by atoms with van der Waals surface area (Å²) >= 11 is 0. The molecule has 0 heterocycles. The molecule has 0 amide bonds. The van der Waals surface area contributed by atoms with E-state index in [0.717, 1.165) is 12.8 Å². The highest BCUT2D eigenvalue weighted by molar-refractivity contribution is 5.69. The molecular weight excluding hydrogens is 232 g/mol. The van der Waals surface area contributed by atoms with Crippen molar-refractivity contribution in [1.29, 1.82) is 0 Å². The summed E-state index contributed by atoms with van der Waals surface area (Å²) in [5.74, 6) is -0.126. The molecule has 0 radical (unpaired) electrons. The van der Waals surface area contributed by atoms with Crippen LogP contribution < -0.4 is 0 Å². The van der Waals surface area contributed by atoms with E-state index < -0.39 is 0 Å². The fourth-order valence-corrected chi connectivity index (χ4v) is 1.56. The second kappa shape index (κ2) is 12.8. The van der Waals surface area contributed by atoms with Gasteiger partial charge >= 0.3 is 5.97 Å². The molecule has 0 saturated carbocycles. The minimum absolute atomic E-state index is 0.126. The Hall–Kier alpha value is -0.610. The molecule has 0 aliphatic heterocycles. The summed E-state index contributed by atoms with van der Waals surface area (Å²) in [6.45, 7) is 4.70. The topological polar surface area (TPSA) is 44.8 Å². The van der Waals surface area contributed by atoms with Gasteiger partial charge in [0.05, 0.1) is 6.61 Å². The van der Waals surface area contributed by atoms with Crippen LogP contribution in [-0.4, -0.2) is 32.6 Å². The van der Waals surface area contributed by atoms with Crippen molar-refractivity contribution in [3.63, 3.8) is 0 Å². The molecule has 1 unspecified atom stereocenters. The van der Waals surface area contributed by atoms with Gasteiger partial charge in [0, 0.05) is 13.5 Å². The molecule has 1 atom stereocenters. The first-order valence-corrected chi connectivity index (χ1v) is 7.00. The molecule has 0 rings (SSSR count). The number of hydrogen-bond acceptors (Lipinski definition) is 4. The number of carbonyl (C=O) groups is 1. The molecule has 108 valence electrons. The van der Waals surface area contributed by atoms with Crippen LogP contribution in [0, 0.1) is 0 Å². The monoisotopic (exact) mass is 260 g/mol. The third-order valence-corrected chi connectivity index (χ3v) is 2.77. The van der Waals surface area contributed by atoms with E-state index in [1.807, 2.05) is 0 Å². The second-order valence-electron chi connectivity index (χ2n) is 4.41. The molecule has 0 aliphatic rings. The summed E-state index contributed by atoms with van der Waals surface area (Å²) in [4.78, 5) is 11.3. The van der Waals surface area contributed by atoms with Gasteiger partial charge in [0.15, 0.2) is 6.29 Å². The molecule has 18 heavy (non-hydrogen) atoms. The van der Waals surface area contributed by atoms with Crippen LogP contribution in [0.3, 0.4) is 0 Å². The average Bonchev–Trinajstić information content (AvgIpc) is 2.38. The molecule has 0 N–H and O–H groups in total. The molecule has 0 saturated heterocycles. The van der Waals surface area contributed by atoms with E-state index in [0.29, 0.717) is 19.6 Å². The van der Waals surface area contributed by atoms with Crippen LogP contribution in [0.15, 0.2) is 0 Å². The summed E-state index contributed by atoms with van der Waals surface area (Å²) < 4.78 is 15.2. The lowest BCUT2D eigenvalue weighted by molar-refractivity contribution is -0.152. The fourth-order valence-electron chi connectivity index (χ4n) is 1.56. The van der Waals surface area contributed by atoms with Crippen molar-refractivity contribution in [3.8, 4) is 0 Å². The van der Waals surface area contributed by atoms with Crippen LogP contribution in [0.2, 0.25) is 0 Å². The third kappa shape index (κ3) is 11.9. The average molecular weight is 260 g/mol. The summed E-state index contributed by atoms with van der Waals surface area (Å²) in [6, 6.07) is 0. The van der Waals surface area contributed by atoms with Crippen molar-refractivity contribution in [2.45, 2.75) is 65.1 Å². The number of unbranched alkanes of at least 4 members (excludes halogenated alkanes) is 5. The normalized spacial score (nSPS) is 12.4. The Bertz CT molecular complexity index is 194. The van der Waals surface area contributed by atoms with E-state index in [-0.39, 0.29) is 12.3 Å². The Labute approximate surface area is 111 Å². The number of hydrogen-bond donors (Lipinski definition) is 0. The van der Waals surface area contributed by atoms with Gasteiger partial charge in [-0.3, -0.25) is 4.79 Å². The molecular formula is C14H28O4. The maximum Gasteiger partial charge on any atom is 0.305 e. The quantitative estimate of drug-likeness (QED) is 0.307. The predicted octanol–water partition coefficient (Wildman–Crippen LogP) is 3.29. The number of methoxy groups -OCH3 is 1. The Morgan fingerprint density at radius 1 is 1.06 bits per heavy atom. The van der Waals surface area contributed by atoms with Gasteiger partial charge < -0.3 is 14.2 Å². The van der Waals surface area contributed by atoms with Gasteiger partial charge in [-0.2, -0.15) is 0 Å². The van der Waals surface area contributed by atoms with Crippen molar-refractivity contribution >= 4 is 5.97 Å². The molecule has 0 aromatic heterocycles. The van der Waals surface area contributed by atoms with Gasteiger partial charge in [0.1, 0.15) is 6.61 Å². The lowest BCUT2D eigenvalue weighted by atomic mass is 10.1. The first kappa shape index (κ1) is 17.4. The van der Waals surface area contributed by atoms with E-state index in [1.165, 1.54) is 25.7 Å². The van der Waals surface area contributed by atoms with Crippen molar-refractivity contribution in [2.75, 3.05) is 20.3 Å². The molecule has 4 heteroatoms. The standard InChI is InChI=1S/C14H28O4/c1-4-5-6-7-8-9-10-14(15)18-12-11-17-13(2)16-3/h13H,4-12H2,1-3H3. The van der Waals surface area contributed by atoms with E-state index in [1.54, 1.807) is 14.0 Å². The van der Waals surface area contributed by atoms with Gasteiger partial charge in [0.2, 0.25) is 0 Å². The number of carbonyl (C=O) groups excluding carboxylic acids is 1. The van der Waals surface area contributed by atoms with E-state index in [9.17, 15) is 4.79 Å². The molecule has 0 aromatic rings. The van der Waals surface area contributed by atoms with Gasteiger partial charge in [-0.25, -0.2) is 0 Å².